The van der Waals surface area contributed by atoms with Gasteiger partial charge >= 0.3 is 0 Å². The minimum atomic E-state index is -3.36. The number of hydrogen-bond donors (Lipinski definition) is 0. The molecule has 0 atom stereocenters. The Hall–Kier alpha value is -0.520. The first-order chi connectivity index (χ1) is 9.02. The molecule has 0 spiro atoms. The van der Waals surface area contributed by atoms with Gasteiger partial charge in [0.15, 0.2) is 0 Å². The van der Waals surface area contributed by atoms with Crippen molar-refractivity contribution in [3.8, 4) is 0 Å². The predicted octanol–water partition coefficient (Wildman–Crippen LogP) is 2.59. The van der Waals surface area contributed by atoms with Crippen molar-refractivity contribution < 1.29 is 8.42 Å². The third kappa shape index (κ3) is 2.69. The molecule has 1 aromatic heterocycles. The first-order valence-electron chi connectivity index (χ1n) is 6.75. The van der Waals surface area contributed by atoms with Crippen LogP contribution in [0.15, 0.2) is 17.2 Å². The standard InChI is InChI=1S/C13H19ClN2O2S/c1-15(8-10-2-3-10)19(17,18)13-6-12(7-14)16(9-13)11-4-5-11/h6,9-11H,2-5,7-8H2,1H3. The van der Waals surface area contributed by atoms with Crippen molar-refractivity contribution in [1.82, 2.24) is 8.87 Å². The highest BCUT2D eigenvalue weighted by Gasteiger charge is 2.32. The average molecular weight is 303 g/mol. The lowest BCUT2D eigenvalue weighted by Gasteiger charge is -2.15. The third-order valence-corrected chi connectivity index (χ3v) is 5.97. The molecule has 0 radical (unpaired) electrons. The summed E-state index contributed by atoms with van der Waals surface area (Å²) in [6, 6.07) is 2.18. The Morgan fingerprint density at radius 2 is 2.05 bits per heavy atom. The van der Waals surface area contributed by atoms with Crippen molar-refractivity contribution in [2.24, 2.45) is 5.92 Å². The van der Waals surface area contributed by atoms with Gasteiger partial charge in [-0.15, -0.1) is 11.6 Å². The van der Waals surface area contributed by atoms with Gasteiger partial charge < -0.3 is 4.57 Å². The van der Waals surface area contributed by atoms with E-state index in [4.69, 9.17) is 11.6 Å². The van der Waals surface area contributed by atoms with Crippen molar-refractivity contribution in [2.75, 3.05) is 13.6 Å². The lowest BCUT2D eigenvalue weighted by molar-refractivity contribution is 0.452. The number of hydrogen-bond acceptors (Lipinski definition) is 2. The van der Waals surface area contributed by atoms with Crippen LogP contribution in [-0.2, 0) is 15.9 Å². The smallest absolute Gasteiger partial charge is 0.244 e. The molecule has 2 aliphatic rings. The molecule has 0 bridgehead atoms. The summed E-state index contributed by atoms with van der Waals surface area (Å²) in [5.41, 5.74) is 0.905. The molecule has 0 aliphatic heterocycles. The maximum absolute atomic E-state index is 12.5. The molecule has 0 saturated heterocycles. The number of aromatic nitrogens is 1. The van der Waals surface area contributed by atoms with E-state index < -0.39 is 10.0 Å². The molecule has 2 fully saturated rings. The molecule has 0 aromatic carbocycles. The molecule has 2 saturated carbocycles. The van der Waals surface area contributed by atoms with Gasteiger partial charge in [-0.2, -0.15) is 0 Å². The van der Waals surface area contributed by atoms with Crippen LogP contribution in [0.2, 0.25) is 0 Å². The lowest BCUT2D eigenvalue weighted by Crippen LogP contribution is -2.28. The summed E-state index contributed by atoms with van der Waals surface area (Å²) in [6.45, 7) is 0.632. The monoisotopic (exact) mass is 302 g/mol. The zero-order valence-corrected chi connectivity index (χ0v) is 12.6. The normalized spacial score (nSPS) is 20.2. The number of rotatable bonds is 6. The van der Waals surface area contributed by atoms with Crippen LogP contribution in [0.1, 0.15) is 37.4 Å². The van der Waals surface area contributed by atoms with Crippen LogP contribution in [0.5, 0.6) is 0 Å². The van der Waals surface area contributed by atoms with Crippen molar-refractivity contribution in [2.45, 2.75) is 42.5 Å². The number of nitrogens with zero attached hydrogens (tertiary/aromatic N) is 2. The van der Waals surface area contributed by atoms with Crippen LogP contribution >= 0.6 is 11.6 Å². The molecular weight excluding hydrogens is 284 g/mol. The fourth-order valence-corrected chi connectivity index (χ4v) is 3.89. The van der Waals surface area contributed by atoms with E-state index in [9.17, 15) is 8.42 Å². The number of halogens is 1. The van der Waals surface area contributed by atoms with E-state index in [-0.39, 0.29) is 0 Å². The molecular formula is C13H19ClN2O2S. The Morgan fingerprint density at radius 3 is 2.58 bits per heavy atom. The minimum Gasteiger partial charge on any atom is -0.346 e. The van der Waals surface area contributed by atoms with Gasteiger partial charge in [0.1, 0.15) is 4.90 Å². The van der Waals surface area contributed by atoms with Crippen LogP contribution < -0.4 is 0 Å². The Balaban J connectivity index is 1.86. The van der Waals surface area contributed by atoms with Gasteiger partial charge in [-0.05, 0) is 37.7 Å². The zero-order valence-electron chi connectivity index (χ0n) is 11.0. The molecule has 6 heteroatoms. The Labute approximate surface area is 119 Å². The molecule has 2 aliphatic carbocycles. The topological polar surface area (TPSA) is 42.3 Å². The molecule has 19 heavy (non-hydrogen) atoms. The second kappa shape index (κ2) is 4.79. The molecule has 1 aromatic rings. The highest BCUT2D eigenvalue weighted by molar-refractivity contribution is 7.89. The predicted molar refractivity (Wildman–Crippen MR) is 74.8 cm³/mol. The van der Waals surface area contributed by atoms with Crippen molar-refractivity contribution >= 4 is 21.6 Å². The Kier molecular flexibility index (Phi) is 3.39. The summed E-state index contributed by atoms with van der Waals surface area (Å²) < 4.78 is 28.5. The number of alkyl halides is 1. The molecule has 4 nitrogen and oxygen atoms in total. The van der Waals surface area contributed by atoms with Gasteiger partial charge in [0, 0.05) is 31.5 Å². The summed E-state index contributed by atoms with van der Waals surface area (Å²) in [7, 11) is -1.69. The van der Waals surface area contributed by atoms with E-state index in [0.717, 1.165) is 31.4 Å². The second-order valence-corrected chi connectivity index (χ2v) is 7.98. The van der Waals surface area contributed by atoms with E-state index in [1.165, 1.54) is 4.31 Å². The Morgan fingerprint density at radius 1 is 1.37 bits per heavy atom. The fraction of sp³-hybridized carbons (Fsp3) is 0.692. The lowest BCUT2D eigenvalue weighted by atomic mass is 10.4. The van der Waals surface area contributed by atoms with Crippen LogP contribution in [0.3, 0.4) is 0 Å². The van der Waals surface area contributed by atoms with Crippen molar-refractivity contribution in [1.29, 1.82) is 0 Å². The van der Waals surface area contributed by atoms with Gasteiger partial charge in [0.05, 0.1) is 5.88 Å². The minimum absolute atomic E-state index is 0.359. The SMILES string of the molecule is CN(CC1CC1)S(=O)(=O)c1cc(CCl)n(C2CC2)c1. The quantitative estimate of drug-likeness (QED) is 0.758. The van der Waals surface area contributed by atoms with Crippen LogP contribution in [0, 0.1) is 5.92 Å². The van der Waals surface area contributed by atoms with E-state index >= 15 is 0 Å². The summed E-state index contributed by atoms with van der Waals surface area (Å²) in [4.78, 5) is 0.387. The van der Waals surface area contributed by atoms with Crippen molar-refractivity contribution in [3.63, 3.8) is 0 Å². The highest BCUT2D eigenvalue weighted by Crippen LogP contribution is 2.38. The van der Waals surface area contributed by atoms with Gasteiger partial charge in [0.2, 0.25) is 10.0 Å². The molecule has 0 N–H and O–H groups in total. The zero-order chi connectivity index (χ0) is 13.6. The van der Waals surface area contributed by atoms with E-state index in [1.807, 2.05) is 4.57 Å². The van der Waals surface area contributed by atoms with E-state index in [0.29, 0.717) is 29.3 Å². The molecule has 1 heterocycles. The van der Waals surface area contributed by atoms with Gasteiger partial charge in [-0.3, -0.25) is 0 Å². The summed E-state index contributed by atoms with van der Waals surface area (Å²) in [5, 5.41) is 0. The van der Waals surface area contributed by atoms with Crippen LogP contribution in [0.25, 0.3) is 0 Å². The summed E-state index contributed by atoms with van der Waals surface area (Å²) >= 11 is 5.91. The van der Waals surface area contributed by atoms with Crippen molar-refractivity contribution in [3.05, 3.63) is 18.0 Å². The highest BCUT2D eigenvalue weighted by atomic mass is 35.5. The summed E-state index contributed by atoms with van der Waals surface area (Å²) in [6.07, 6.45) is 6.30. The van der Waals surface area contributed by atoms with Gasteiger partial charge in [-0.1, -0.05) is 0 Å². The average Bonchev–Trinajstić information content (AvgIpc) is 3.29. The first-order valence-corrected chi connectivity index (χ1v) is 8.73. The van der Waals surface area contributed by atoms with E-state index in [2.05, 4.69) is 0 Å². The summed E-state index contributed by atoms with van der Waals surface area (Å²) in [5.74, 6) is 0.913. The molecule has 0 unspecified atom stereocenters. The largest absolute Gasteiger partial charge is 0.346 e. The third-order valence-electron chi connectivity index (χ3n) is 3.90. The number of sulfonamides is 1. The van der Waals surface area contributed by atoms with Crippen LogP contribution in [-0.4, -0.2) is 30.9 Å². The van der Waals surface area contributed by atoms with Crippen LogP contribution in [0.4, 0.5) is 0 Å². The van der Waals surface area contributed by atoms with Gasteiger partial charge in [0.25, 0.3) is 0 Å². The van der Waals surface area contributed by atoms with Gasteiger partial charge in [-0.25, -0.2) is 12.7 Å². The maximum Gasteiger partial charge on any atom is 0.244 e. The molecule has 106 valence electrons. The first kappa shape index (κ1) is 13.5. The molecule has 0 amide bonds. The fourth-order valence-electron chi connectivity index (χ4n) is 2.38. The van der Waals surface area contributed by atoms with E-state index in [1.54, 1.807) is 19.3 Å². The molecule has 3 rings (SSSR count). The Bertz CT molecular complexity index is 573. The second-order valence-electron chi connectivity index (χ2n) is 5.67. The maximum atomic E-state index is 12.5.